The molecule has 2 unspecified atom stereocenters. The van der Waals surface area contributed by atoms with Crippen molar-refractivity contribution in [1.29, 1.82) is 0 Å². The number of hydrogen-bond acceptors (Lipinski definition) is 2. The van der Waals surface area contributed by atoms with Crippen LogP contribution in [0.2, 0.25) is 0 Å². The van der Waals surface area contributed by atoms with Crippen molar-refractivity contribution < 1.29 is 17.9 Å². The van der Waals surface area contributed by atoms with Gasteiger partial charge in [0.25, 0.3) is 0 Å². The molecule has 1 aromatic rings. The SMILES string of the molecule is CCC(C)CC(CC)Nc1ccc(Br)cc1OC(F)(F)F. The van der Waals surface area contributed by atoms with Crippen molar-refractivity contribution in [2.45, 2.75) is 52.4 Å². The highest BCUT2D eigenvalue weighted by atomic mass is 79.9. The maximum atomic E-state index is 12.5. The first-order chi connectivity index (χ1) is 9.75. The fraction of sp³-hybridized carbons (Fsp3) is 0.600. The van der Waals surface area contributed by atoms with Crippen LogP contribution in [0.3, 0.4) is 0 Å². The molecule has 0 aliphatic rings. The predicted molar refractivity (Wildman–Crippen MR) is 82.6 cm³/mol. The Balaban J connectivity index is 2.90. The van der Waals surface area contributed by atoms with E-state index in [0.717, 1.165) is 19.3 Å². The third kappa shape index (κ3) is 6.59. The van der Waals surface area contributed by atoms with E-state index in [1.165, 1.54) is 6.07 Å². The third-order valence-electron chi connectivity index (χ3n) is 3.41. The minimum absolute atomic E-state index is 0.122. The van der Waals surface area contributed by atoms with Gasteiger partial charge in [0.05, 0.1) is 5.69 Å². The van der Waals surface area contributed by atoms with Crippen LogP contribution in [-0.2, 0) is 0 Å². The second kappa shape index (κ2) is 7.92. The fourth-order valence-electron chi connectivity index (χ4n) is 2.02. The number of rotatable bonds is 7. The number of hydrogen-bond donors (Lipinski definition) is 1. The molecule has 0 saturated heterocycles. The van der Waals surface area contributed by atoms with E-state index in [9.17, 15) is 13.2 Å². The Morgan fingerprint density at radius 1 is 1.24 bits per heavy atom. The average Bonchev–Trinajstić information content (AvgIpc) is 2.38. The second-order valence-corrected chi connectivity index (χ2v) is 6.10. The van der Waals surface area contributed by atoms with Crippen LogP contribution in [0, 0.1) is 5.92 Å². The van der Waals surface area contributed by atoms with E-state index >= 15 is 0 Å². The molecule has 0 bridgehead atoms. The van der Waals surface area contributed by atoms with Crippen LogP contribution in [0.15, 0.2) is 22.7 Å². The van der Waals surface area contributed by atoms with Gasteiger partial charge in [-0.15, -0.1) is 13.2 Å². The summed E-state index contributed by atoms with van der Waals surface area (Å²) in [6, 6.07) is 4.74. The Labute approximate surface area is 132 Å². The van der Waals surface area contributed by atoms with Crippen LogP contribution in [0.25, 0.3) is 0 Å². The Hall–Kier alpha value is -0.910. The summed E-state index contributed by atoms with van der Waals surface area (Å²) < 4.78 is 42.1. The first-order valence-corrected chi connectivity index (χ1v) is 7.86. The summed E-state index contributed by atoms with van der Waals surface area (Å²) in [6.45, 7) is 6.26. The van der Waals surface area contributed by atoms with Crippen molar-refractivity contribution in [1.82, 2.24) is 0 Å². The predicted octanol–water partition coefficient (Wildman–Crippen LogP) is 5.97. The molecule has 0 radical (unpaired) electrons. The van der Waals surface area contributed by atoms with E-state index in [0.29, 0.717) is 16.1 Å². The monoisotopic (exact) mass is 367 g/mol. The summed E-state index contributed by atoms with van der Waals surface area (Å²) in [5.74, 6) is 0.310. The molecule has 0 saturated carbocycles. The third-order valence-corrected chi connectivity index (χ3v) is 3.90. The molecule has 21 heavy (non-hydrogen) atoms. The van der Waals surface area contributed by atoms with Crippen LogP contribution in [-0.4, -0.2) is 12.4 Å². The molecule has 1 aromatic carbocycles. The fourth-order valence-corrected chi connectivity index (χ4v) is 2.36. The lowest BCUT2D eigenvalue weighted by Crippen LogP contribution is -2.23. The molecule has 1 rings (SSSR count). The maximum Gasteiger partial charge on any atom is 0.573 e. The lowest BCUT2D eigenvalue weighted by Gasteiger charge is -2.23. The van der Waals surface area contributed by atoms with Gasteiger partial charge >= 0.3 is 6.36 Å². The van der Waals surface area contributed by atoms with Crippen LogP contribution >= 0.6 is 15.9 Å². The highest BCUT2D eigenvalue weighted by Gasteiger charge is 2.32. The van der Waals surface area contributed by atoms with Gasteiger partial charge in [-0.25, -0.2) is 0 Å². The summed E-state index contributed by atoms with van der Waals surface area (Å²) in [4.78, 5) is 0. The molecule has 6 heteroatoms. The zero-order valence-electron chi connectivity index (χ0n) is 12.4. The van der Waals surface area contributed by atoms with E-state index in [2.05, 4.69) is 39.8 Å². The van der Waals surface area contributed by atoms with Crippen molar-refractivity contribution in [3.63, 3.8) is 0 Å². The number of ether oxygens (including phenoxy) is 1. The van der Waals surface area contributed by atoms with Gasteiger partial charge in [0.1, 0.15) is 0 Å². The van der Waals surface area contributed by atoms with Gasteiger partial charge in [-0.05, 0) is 37.0 Å². The highest BCUT2D eigenvalue weighted by Crippen LogP contribution is 2.34. The number of anilines is 1. The Kier molecular flexibility index (Phi) is 6.84. The van der Waals surface area contributed by atoms with E-state index < -0.39 is 6.36 Å². The molecule has 2 atom stereocenters. The standard InChI is InChI=1S/C15H21BrF3NO/c1-4-10(3)8-12(5-2)20-13-7-6-11(16)9-14(13)21-15(17,18)19/h6-7,9-10,12,20H,4-5,8H2,1-3H3. The summed E-state index contributed by atoms with van der Waals surface area (Å²) in [7, 11) is 0. The zero-order chi connectivity index (χ0) is 16.0. The topological polar surface area (TPSA) is 21.3 Å². The van der Waals surface area contributed by atoms with Gasteiger partial charge in [0.2, 0.25) is 0 Å². The van der Waals surface area contributed by atoms with Crippen LogP contribution < -0.4 is 10.1 Å². The lowest BCUT2D eigenvalue weighted by atomic mass is 9.97. The average molecular weight is 368 g/mol. The van der Waals surface area contributed by atoms with Crippen molar-refractivity contribution in [2.24, 2.45) is 5.92 Å². The second-order valence-electron chi connectivity index (χ2n) is 5.19. The van der Waals surface area contributed by atoms with Gasteiger partial charge in [-0.1, -0.05) is 43.1 Å². The molecule has 0 aromatic heterocycles. The summed E-state index contributed by atoms with van der Waals surface area (Å²) in [5, 5.41) is 3.17. The molecule has 0 aliphatic heterocycles. The van der Waals surface area contributed by atoms with Crippen molar-refractivity contribution in [3.8, 4) is 5.75 Å². The van der Waals surface area contributed by atoms with Crippen molar-refractivity contribution in [3.05, 3.63) is 22.7 Å². The molecule has 0 heterocycles. The summed E-state index contributed by atoms with van der Waals surface area (Å²) in [6.07, 6.45) is -1.90. The van der Waals surface area contributed by atoms with Gasteiger partial charge in [-0.2, -0.15) is 0 Å². The molecule has 0 amide bonds. The normalized spacial score (nSPS) is 14.6. The molecular weight excluding hydrogens is 347 g/mol. The van der Waals surface area contributed by atoms with E-state index in [1.807, 2.05) is 6.92 Å². The van der Waals surface area contributed by atoms with E-state index in [1.54, 1.807) is 12.1 Å². The van der Waals surface area contributed by atoms with Crippen LogP contribution in [0.4, 0.5) is 18.9 Å². The minimum atomic E-state index is -4.70. The molecule has 0 aliphatic carbocycles. The van der Waals surface area contributed by atoms with Gasteiger partial charge in [0, 0.05) is 10.5 Å². The number of nitrogens with one attached hydrogen (secondary N) is 1. The minimum Gasteiger partial charge on any atom is -0.404 e. The largest absolute Gasteiger partial charge is 0.573 e. The van der Waals surface area contributed by atoms with E-state index in [4.69, 9.17) is 0 Å². The number of alkyl halides is 3. The highest BCUT2D eigenvalue weighted by molar-refractivity contribution is 9.10. The summed E-state index contributed by atoms with van der Waals surface area (Å²) in [5.41, 5.74) is 0.366. The maximum absolute atomic E-state index is 12.5. The lowest BCUT2D eigenvalue weighted by molar-refractivity contribution is -0.274. The smallest absolute Gasteiger partial charge is 0.404 e. The molecular formula is C15H21BrF3NO. The molecule has 120 valence electrons. The van der Waals surface area contributed by atoms with Gasteiger partial charge < -0.3 is 10.1 Å². The quantitative estimate of drug-likeness (QED) is 0.640. The Morgan fingerprint density at radius 2 is 1.90 bits per heavy atom. The molecule has 0 fully saturated rings. The molecule has 0 spiro atoms. The number of benzene rings is 1. The van der Waals surface area contributed by atoms with Crippen LogP contribution in [0.1, 0.15) is 40.0 Å². The Morgan fingerprint density at radius 3 is 2.43 bits per heavy atom. The molecule has 1 N–H and O–H groups in total. The van der Waals surface area contributed by atoms with Crippen molar-refractivity contribution >= 4 is 21.6 Å². The van der Waals surface area contributed by atoms with Crippen molar-refractivity contribution in [2.75, 3.05) is 5.32 Å². The molecule has 2 nitrogen and oxygen atoms in total. The first kappa shape index (κ1) is 18.1. The van der Waals surface area contributed by atoms with Crippen LogP contribution in [0.5, 0.6) is 5.75 Å². The zero-order valence-corrected chi connectivity index (χ0v) is 14.0. The Bertz CT molecular complexity index is 451. The van der Waals surface area contributed by atoms with Gasteiger partial charge in [-0.3, -0.25) is 0 Å². The van der Waals surface area contributed by atoms with Gasteiger partial charge in [0.15, 0.2) is 5.75 Å². The first-order valence-electron chi connectivity index (χ1n) is 7.07. The van der Waals surface area contributed by atoms with E-state index in [-0.39, 0.29) is 11.8 Å². The number of halogens is 4. The summed E-state index contributed by atoms with van der Waals surface area (Å²) >= 11 is 3.16.